The van der Waals surface area contributed by atoms with E-state index in [-0.39, 0.29) is 6.04 Å². The van der Waals surface area contributed by atoms with Crippen LogP contribution in [0.15, 0.2) is 52.0 Å². The monoisotopic (exact) mass is 354 g/mol. The van der Waals surface area contributed by atoms with Crippen molar-refractivity contribution in [3.63, 3.8) is 0 Å². The lowest BCUT2D eigenvalue weighted by molar-refractivity contribution is 0.282. The molecule has 0 aliphatic carbocycles. The smallest absolute Gasteiger partial charge is 0.244 e. The Balaban J connectivity index is 2.04. The second-order valence-corrected chi connectivity index (χ2v) is 7.56. The van der Waals surface area contributed by atoms with Crippen LogP contribution in [0.1, 0.15) is 18.7 Å². The van der Waals surface area contributed by atoms with E-state index in [4.69, 9.17) is 0 Å². The third kappa shape index (κ3) is 2.12. The van der Waals surface area contributed by atoms with Gasteiger partial charge in [0.25, 0.3) is 0 Å². The predicted octanol–water partition coefficient (Wildman–Crippen LogP) is 3.02. The summed E-state index contributed by atoms with van der Waals surface area (Å²) in [7, 11) is -3.49. The molecule has 4 nitrogen and oxygen atoms in total. The molecule has 3 rings (SSSR count). The van der Waals surface area contributed by atoms with Crippen molar-refractivity contribution in [2.75, 3.05) is 6.54 Å². The molecule has 1 aromatic carbocycles. The van der Waals surface area contributed by atoms with Crippen LogP contribution in [0.3, 0.4) is 0 Å². The maximum Gasteiger partial charge on any atom is 0.244 e. The minimum Gasteiger partial charge on any atom is -0.349 e. The average molecular weight is 355 g/mol. The molecular formula is C14H15BrN2O2S. The number of hydrogen-bond acceptors (Lipinski definition) is 2. The van der Waals surface area contributed by atoms with Crippen LogP contribution < -0.4 is 0 Å². The highest BCUT2D eigenvalue weighted by Gasteiger charge is 2.34. The second-order valence-electron chi connectivity index (χ2n) is 4.85. The number of aromatic nitrogens is 1. The molecule has 1 aliphatic rings. The minimum atomic E-state index is -3.49. The molecular weight excluding hydrogens is 340 g/mol. The molecule has 2 aromatic rings. The van der Waals surface area contributed by atoms with Gasteiger partial charge in [0.15, 0.2) is 0 Å². The van der Waals surface area contributed by atoms with Crippen LogP contribution in [0.5, 0.6) is 0 Å². The molecule has 106 valence electrons. The molecule has 2 heterocycles. The van der Waals surface area contributed by atoms with Gasteiger partial charge in [0.05, 0.1) is 10.9 Å². The summed E-state index contributed by atoms with van der Waals surface area (Å²) in [4.78, 5) is 0.326. The van der Waals surface area contributed by atoms with E-state index in [1.165, 1.54) is 0 Å². The van der Waals surface area contributed by atoms with E-state index >= 15 is 0 Å². The van der Waals surface area contributed by atoms with Gasteiger partial charge in [-0.05, 0) is 47.1 Å². The van der Waals surface area contributed by atoms with Crippen LogP contribution in [-0.2, 0) is 16.6 Å². The molecule has 0 radical (unpaired) electrons. The molecule has 0 amide bonds. The van der Waals surface area contributed by atoms with Gasteiger partial charge >= 0.3 is 0 Å². The Morgan fingerprint density at radius 1 is 1.15 bits per heavy atom. The maximum absolute atomic E-state index is 12.8. The number of halogens is 1. The molecule has 0 bridgehead atoms. The van der Waals surface area contributed by atoms with Gasteiger partial charge in [0, 0.05) is 29.5 Å². The molecule has 0 spiro atoms. The van der Waals surface area contributed by atoms with Gasteiger partial charge in [-0.2, -0.15) is 4.31 Å². The first kappa shape index (κ1) is 13.9. The fraction of sp³-hybridized carbons (Fsp3) is 0.286. The van der Waals surface area contributed by atoms with Crippen molar-refractivity contribution in [3.8, 4) is 0 Å². The number of fused-ring (bicyclic) bond motifs is 1. The number of rotatable bonds is 2. The van der Waals surface area contributed by atoms with Crippen molar-refractivity contribution in [1.29, 1.82) is 0 Å². The second kappa shape index (κ2) is 5.02. The molecule has 1 aromatic heterocycles. The van der Waals surface area contributed by atoms with E-state index in [1.807, 2.05) is 31.3 Å². The molecule has 0 saturated carbocycles. The van der Waals surface area contributed by atoms with Crippen LogP contribution >= 0.6 is 15.9 Å². The third-order valence-electron chi connectivity index (χ3n) is 3.71. The number of benzene rings is 1. The van der Waals surface area contributed by atoms with E-state index in [0.717, 1.165) is 5.69 Å². The summed E-state index contributed by atoms with van der Waals surface area (Å²) in [5.74, 6) is 0. The normalized spacial score (nSPS) is 19.8. The summed E-state index contributed by atoms with van der Waals surface area (Å²) in [6.07, 6.45) is 1.99. The molecule has 1 atom stereocenters. The predicted molar refractivity (Wildman–Crippen MR) is 80.9 cm³/mol. The lowest BCUT2D eigenvalue weighted by Gasteiger charge is -2.34. The van der Waals surface area contributed by atoms with Crippen molar-refractivity contribution >= 4 is 26.0 Å². The van der Waals surface area contributed by atoms with Crippen molar-refractivity contribution in [2.24, 2.45) is 0 Å². The Morgan fingerprint density at radius 2 is 1.90 bits per heavy atom. The Bertz CT molecular complexity index is 739. The number of sulfonamides is 1. The Kier molecular flexibility index (Phi) is 3.48. The van der Waals surface area contributed by atoms with Crippen LogP contribution in [0.2, 0.25) is 0 Å². The van der Waals surface area contributed by atoms with Gasteiger partial charge in [0.2, 0.25) is 10.0 Å². The summed E-state index contributed by atoms with van der Waals surface area (Å²) in [5, 5.41) is 0. The van der Waals surface area contributed by atoms with E-state index in [9.17, 15) is 8.42 Å². The van der Waals surface area contributed by atoms with Gasteiger partial charge in [0.1, 0.15) is 0 Å². The van der Waals surface area contributed by atoms with Crippen LogP contribution in [0.4, 0.5) is 0 Å². The molecule has 0 saturated heterocycles. The maximum atomic E-state index is 12.8. The van der Waals surface area contributed by atoms with Gasteiger partial charge in [-0.1, -0.05) is 12.1 Å². The van der Waals surface area contributed by atoms with Crippen molar-refractivity contribution in [3.05, 3.63) is 52.8 Å². The zero-order valence-electron chi connectivity index (χ0n) is 11.0. The zero-order valence-corrected chi connectivity index (χ0v) is 13.4. The van der Waals surface area contributed by atoms with Crippen LogP contribution in [0.25, 0.3) is 0 Å². The highest BCUT2D eigenvalue weighted by molar-refractivity contribution is 9.10. The molecule has 0 unspecified atom stereocenters. The molecule has 1 aliphatic heterocycles. The quantitative estimate of drug-likeness (QED) is 0.831. The lowest BCUT2D eigenvalue weighted by Crippen LogP contribution is -2.40. The van der Waals surface area contributed by atoms with Crippen molar-refractivity contribution in [1.82, 2.24) is 8.87 Å². The van der Waals surface area contributed by atoms with Gasteiger partial charge in [-0.25, -0.2) is 8.42 Å². The zero-order chi connectivity index (χ0) is 14.3. The Labute approximate surface area is 127 Å². The van der Waals surface area contributed by atoms with E-state index < -0.39 is 10.0 Å². The lowest BCUT2D eigenvalue weighted by atomic mass is 10.2. The van der Waals surface area contributed by atoms with Gasteiger partial charge in [-0.3, -0.25) is 0 Å². The van der Waals surface area contributed by atoms with Gasteiger partial charge < -0.3 is 4.57 Å². The summed E-state index contributed by atoms with van der Waals surface area (Å²) in [6, 6.07) is 10.7. The van der Waals surface area contributed by atoms with Gasteiger partial charge in [-0.15, -0.1) is 0 Å². The van der Waals surface area contributed by atoms with E-state index in [1.54, 1.807) is 22.5 Å². The minimum absolute atomic E-state index is 0.157. The Morgan fingerprint density at radius 3 is 2.65 bits per heavy atom. The summed E-state index contributed by atoms with van der Waals surface area (Å²) < 4.78 is 30.0. The fourth-order valence-electron chi connectivity index (χ4n) is 2.67. The first-order chi connectivity index (χ1) is 9.51. The topological polar surface area (TPSA) is 42.3 Å². The molecule has 0 fully saturated rings. The van der Waals surface area contributed by atoms with Crippen LogP contribution in [-0.4, -0.2) is 23.8 Å². The van der Waals surface area contributed by atoms with Crippen molar-refractivity contribution < 1.29 is 8.42 Å². The Hall–Kier alpha value is -1.11. The van der Waals surface area contributed by atoms with E-state index in [0.29, 0.717) is 22.5 Å². The SMILES string of the molecule is C[C@H]1c2cccn2CCN1S(=O)(=O)c1ccccc1Br. The third-order valence-corrected chi connectivity index (χ3v) is 6.69. The fourth-order valence-corrected chi connectivity index (χ4v) is 5.23. The molecule has 0 N–H and O–H groups in total. The summed E-state index contributed by atoms with van der Waals surface area (Å²) in [6.45, 7) is 3.11. The first-order valence-corrected chi connectivity index (χ1v) is 8.66. The molecule has 6 heteroatoms. The standard InChI is InChI=1S/C14H15BrN2O2S/c1-11-13-6-4-8-16(13)9-10-17(11)20(18,19)14-7-3-2-5-12(14)15/h2-8,11H,9-10H2,1H3/t11-/m0/s1. The van der Waals surface area contributed by atoms with E-state index in [2.05, 4.69) is 20.5 Å². The summed E-state index contributed by atoms with van der Waals surface area (Å²) >= 11 is 3.33. The number of hydrogen-bond donors (Lipinski definition) is 0. The largest absolute Gasteiger partial charge is 0.349 e. The highest BCUT2D eigenvalue weighted by Crippen LogP contribution is 2.33. The average Bonchev–Trinajstić information content (AvgIpc) is 2.88. The highest BCUT2D eigenvalue weighted by atomic mass is 79.9. The summed E-state index contributed by atoms with van der Waals surface area (Å²) in [5.41, 5.74) is 1.03. The molecule has 20 heavy (non-hydrogen) atoms. The van der Waals surface area contributed by atoms with Crippen molar-refractivity contribution in [2.45, 2.75) is 24.4 Å². The first-order valence-electron chi connectivity index (χ1n) is 6.43. The van der Waals surface area contributed by atoms with Crippen LogP contribution in [0, 0.1) is 0 Å². The number of nitrogens with zero attached hydrogens (tertiary/aromatic N) is 2.